The van der Waals surface area contributed by atoms with Crippen LogP contribution in [0.25, 0.3) is 0 Å². The van der Waals surface area contributed by atoms with Gasteiger partial charge in [0, 0.05) is 24.6 Å². The molecular formula is C22H25N5O. The Labute approximate surface area is 165 Å². The third kappa shape index (κ3) is 3.82. The maximum atomic E-state index is 12.4. The van der Waals surface area contributed by atoms with E-state index in [9.17, 15) is 4.79 Å². The number of aromatic nitrogens is 3. The third-order valence-electron chi connectivity index (χ3n) is 5.41. The first-order valence-electron chi connectivity index (χ1n) is 9.68. The zero-order valence-corrected chi connectivity index (χ0v) is 16.2. The summed E-state index contributed by atoms with van der Waals surface area (Å²) in [4.78, 5) is 19.3. The second-order valence-electron chi connectivity index (χ2n) is 7.36. The number of carbonyl (C=O) groups is 1. The van der Waals surface area contributed by atoms with Gasteiger partial charge >= 0.3 is 0 Å². The molecule has 1 amide bonds. The highest BCUT2D eigenvalue weighted by molar-refractivity contribution is 6.03. The van der Waals surface area contributed by atoms with Crippen molar-refractivity contribution in [2.24, 2.45) is 0 Å². The van der Waals surface area contributed by atoms with Crippen LogP contribution in [0.15, 0.2) is 60.7 Å². The van der Waals surface area contributed by atoms with Crippen LogP contribution >= 0.6 is 0 Å². The molecule has 0 aliphatic carbocycles. The van der Waals surface area contributed by atoms with Crippen LogP contribution in [0.2, 0.25) is 0 Å². The van der Waals surface area contributed by atoms with Gasteiger partial charge in [0.25, 0.3) is 5.91 Å². The van der Waals surface area contributed by atoms with Crippen LogP contribution in [0, 0.1) is 0 Å². The first kappa shape index (κ1) is 18.4. The molecule has 1 aliphatic heterocycles. The van der Waals surface area contributed by atoms with Gasteiger partial charge in [-0.3, -0.25) is 15.0 Å². The van der Waals surface area contributed by atoms with Gasteiger partial charge in [-0.15, -0.1) is 5.10 Å². The van der Waals surface area contributed by atoms with Crippen molar-refractivity contribution in [2.75, 3.05) is 12.4 Å². The van der Waals surface area contributed by atoms with Gasteiger partial charge in [0.15, 0.2) is 0 Å². The molecule has 6 nitrogen and oxygen atoms in total. The molecular weight excluding hydrogens is 350 g/mol. The molecule has 2 atom stereocenters. The number of amides is 1. The van der Waals surface area contributed by atoms with E-state index < -0.39 is 0 Å². The Morgan fingerprint density at radius 1 is 1.14 bits per heavy atom. The van der Waals surface area contributed by atoms with Crippen LogP contribution in [0.4, 0.5) is 5.95 Å². The Bertz CT molecular complexity index is 938. The normalized spacial score (nSPS) is 18.7. The lowest BCUT2D eigenvalue weighted by Gasteiger charge is -2.36. The standard InChI is InChI=1S/C22H25N5O/c1-16-19(26(2)15-17-9-5-3-6-10-17)13-14-20-23-22(25-27(16)20)24-21(28)18-11-7-4-8-12-18/h3-12,16,19H,13-15H2,1-2H3,(H,24,25,28). The summed E-state index contributed by atoms with van der Waals surface area (Å²) < 4.78 is 1.97. The molecule has 2 aromatic carbocycles. The zero-order chi connectivity index (χ0) is 19.5. The molecule has 6 heteroatoms. The van der Waals surface area contributed by atoms with E-state index in [1.54, 1.807) is 12.1 Å². The Hall–Kier alpha value is -2.99. The van der Waals surface area contributed by atoms with E-state index in [-0.39, 0.29) is 11.9 Å². The van der Waals surface area contributed by atoms with Crippen molar-refractivity contribution < 1.29 is 4.79 Å². The number of hydrogen-bond acceptors (Lipinski definition) is 4. The molecule has 3 aromatic rings. The summed E-state index contributed by atoms with van der Waals surface area (Å²) in [7, 11) is 2.16. The van der Waals surface area contributed by atoms with Crippen molar-refractivity contribution in [3.05, 3.63) is 77.6 Å². The van der Waals surface area contributed by atoms with E-state index >= 15 is 0 Å². The minimum atomic E-state index is -0.186. The third-order valence-corrected chi connectivity index (χ3v) is 5.41. The minimum absolute atomic E-state index is 0.186. The van der Waals surface area contributed by atoms with Crippen molar-refractivity contribution in [1.82, 2.24) is 19.7 Å². The minimum Gasteiger partial charge on any atom is -0.297 e. The molecule has 0 fully saturated rings. The van der Waals surface area contributed by atoms with Crippen LogP contribution in [0.1, 0.15) is 41.1 Å². The Morgan fingerprint density at radius 2 is 1.82 bits per heavy atom. The van der Waals surface area contributed by atoms with Gasteiger partial charge in [-0.1, -0.05) is 48.5 Å². The van der Waals surface area contributed by atoms with Crippen molar-refractivity contribution in [1.29, 1.82) is 0 Å². The van der Waals surface area contributed by atoms with Gasteiger partial charge in [0.2, 0.25) is 5.95 Å². The van der Waals surface area contributed by atoms with Gasteiger partial charge in [-0.2, -0.15) is 4.98 Å². The summed E-state index contributed by atoms with van der Waals surface area (Å²) in [6.07, 6.45) is 1.87. The van der Waals surface area contributed by atoms with Crippen molar-refractivity contribution >= 4 is 11.9 Å². The maximum Gasteiger partial charge on any atom is 0.258 e. The van der Waals surface area contributed by atoms with Crippen molar-refractivity contribution in [2.45, 2.75) is 38.4 Å². The number of rotatable bonds is 5. The number of anilines is 1. The first-order chi connectivity index (χ1) is 13.6. The number of likely N-dealkylation sites (N-methyl/N-ethyl adjacent to an activating group) is 1. The molecule has 0 bridgehead atoms. The van der Waals surface area contributed by atoms with Crippen LogP contribution in [-0.2, 0) is 13.0 Å². The monoisotopic (exact) mass is 375 g/mol. The van der Waals surface area contributed by atoms with Crippen LogP contribution < -0.4 is 5.32 Å². The summed E-state index contributed by atoms with van der Waals surface area (Å²) in [5.74, 6) is 1.12. The number of fused-ring (bicyclic) bond motifs is 1. The Morgan fingerprint density at radius 3 is 2.54 bits per heavy atom. The molecule has 4 rings (SSSR count). The van der Waals surface area contributed by atoms with Crippen LogP contribution in [-0.4, -0.2) is 38.7 Å². The van der Waals surface area contributed by atoms with E-state index in [1.807, 2.05) is 28.9 Å². The average Bonchev–Trinajstić information content (AvgIpc) is 3.13. The maximum absolute atomic E-state index is 12.4. The van der Waals surface area contributed by atoms with Crippen LogP contribution in [0.5, 0.6) is 0 Å². The number of benzene rings is 2. The number of aryl methyl sites for hydroxylation is 1. The fourth-order valence-corrected chi connectivity index (χ4v) is 3.93. The summed E-state index contributed by atoms with van der Waals surface area (Å²) in [6, 6.07) is 20.2. The molecule has 0 radical (unpaired) electrons. The highest BCUT2D eigenvalue weighted by Gasteiger charge is 2.31. The van der Waals surface area contributed by atoms with E-state index in [1.165, 1.54) is 5.56 Å². The second-order valence-corrected chi connectivity index (χ2v) is 7.36. The molecule has 0 saturated carbocycles. The van der Waals surface area contributed by atoms with Gasteiger partial charge in [-0.25, -0.2) is 4.68 Å². The van der Waals surface area contributed by atoms with E-state index in [0.717, 1.165) is 25.2 Å². The topological polar surface area (TPSA) is 63.1 Å². The zero-order valence-electron chi connectivity index (χ0n) is 16.2. The first-order valence-corrected chi connectivity index (χ1v) is 9.68. The summed E-state index contributed by atoms with van der Waals surface area (Å²) in [5.41, 5.74) is 1.90. The summed E-state index contributed by atoms with van der Waals surface area (Å²) in [5, 5.41) is 7.41. The SMILES string of the molecule is CC1C(N(C)Cc2ccccc2)CCc2nc(NC(=O)c3ccccc3)nn21. The lowest BCUT2D eigenvalue weighted by molar-refractivity contribution is 0.102. The number of nitrogens with zero attached hydrogens (tertiary/aromatic N) is 4. The smallest absolute Gasteiger partial charge is 0.258 e. The molecule has 144 valence electrons. The summed E-state index contributed by atoms with van der Waals surface area (Å²) in [6.45, 7) is 3.07. The van der Waals surface area contributed by atoms with Crippen molar-refractivity contribution in [3.63, 3.8) is 0 Å². The molecule has 1 aromatic heterocycles. The number of nitrogens with one attached hydrogen (secondary N) is 1. The lowest BCUT2D eigenvalue weighted by Crippen LogP contribution is -2.41. The molecule has 0 saturated heterocycles. The lowest BCUT2D eigenvalue weighted by atomic mass is 9.98. The number of carbonyl (C=O) groups excluding carboxylic acids is 1. The van der Waals surface area contributed by atoms with E-state index in [0.29, 0.717) is 17.6 Å². The fourth-order valence-electron chi connectivity index (χ4n) is 3.93. The predicted molar refractivity (Wildman–Crippen MR) is 109 cm³/mol. The van der Waals surface area contributed by atoms with Gasteiger partial charge in [0.05, 0.1) is 6.04 Å². The largest absolute Gasteiger partial charge is 0.297 e. The molecule has 0 spiro atoms. The van der Waals surface area contributed by atoms with Gasteiger partial charge < -0.3 is 0 Å². The van der Waals surface area contributed by atoms with E-state index in [4.69, 9.17) is 0 Å². The van der Waals surface area contributed by atoms with Gasteiger partial charge in [0.1, 0.15) is 5.82 Å². The second kappa shape index (κ2) is 7.94. The fraction of sp³-hybridized carbons (Fsp3) is 0.318. The molecule has 2 heterocycles. The molecule has 28 heavy (non-hydrogen) atoms. The molecule has 2 unspecified atom stereocenters. The van der Waals surface area contributed by atoms with Crippen molar-refractivity contribution in [3.8, 4) is 0 Å². The van der Waals surface area contributed by atoms with Crippen LogP contribution in [0.3, 0.4) is 0 Å². The Kier molecular flexibility index (Phi) is 5.21. The number of hydrogen-bond donors (Lipinski definition) is 1. The molecule has 1 aliphatic rings. The quantitative estimate of drug-likeness (QED) is 0.741. The highest BCUT2D eigenvalue weighted by Crippen LogP contribution is 2.28. The Balaban J connectivity index is 1.46. The van der Waals surface area contributed by atoms with Gasteiger partial charge in [-0.05, 0) is 38.1 Å². The molecule has 1 N–H and O–H groups in total. The summed E-state index contributed by atoms with van der Waals surface area (Å²) >= 11 is 0. The highest BCUT2D eigenvalue weighted by atomic mass is 16.1. The van der Waals surface area contributed by atoms with E-state index in [2.05, 4.69) is 58.5 Å². The average molecular weight is 375 g/mol. The predicted octanol–water partition coefficient (Wildman–Crippen LogP) is 3.54.